The average Bonchev–Trinajstić information content (AvgIpc) is 2.60. The van der Waals surface area contributed by atoms with Crippen molar-refractivity contribution in [2.75, 3.05) is 6.61 Å². The van der Waals surface area contributed by atoms with Crippen molar-refractivity contribution in [3.05, 3.63) is 11.8 Å². The van der Waals surface area contributed by atoms with E-state index in [1.54, 1.807) is 0 Å². The average molecular weight is 242 g/mol. The van der Waals surface area contributed by atoms with Crippen LogP contribution in [-0.4, -0.2) is 27.1 Å². The molecule has 0 radical (unpaired) electrons. The van der Waals surface area contributed by atoms with E-state index in [0.717, 1.165) is 32.3 Å². The zero-order chi connectivity index (χ0) is 12.0. The lowest BCUT2D eigenvalue weighted by atomic mass is 10.1. The Morgan fingerprint density at radius 1 is 1.31 bits per heavy atom. The second-order valence-electron chi connectivity index (χ2n) is 5.57. The van der Waals surface area contributed by atoms with Crippen molar-refractivity contribution in [2.45, 2.75) is 64.6 Å². The smallest absolute Gasteiger partial charge is 0.158 e. The molecule has 2 unspecified atom stereocenters. The predicted molar refractivity (Wildman–Crippen MR) is 71.2 cm³/mol. The maximum Gasteiger partial charge on any atom is 0.158 e. The van der Waals surface area contributed by atoms with Gasteiger partial charge in [0.25, 0.3) is 0 Å². The Morgan fingerprint density at radius 2 is 2.06 bits per heavy atom. The lowest BCUT2D eigenvalue weighted by Gasteiger charge is -2.13. The third kappa shape index (κ3) is 5.82. The van der Waals surface area contributed by atoms with Crippen molar-refractivity contribution in [2.24, 2.45) is 0 Å². The number of allylic oxidation sites excluding steroid dienone is 1. The standard InChI is InChI=1S/C13H26O2Si/c1-5-14-13-10-9-12(15-13)8-6-7-11-16(2,3)4/h7,11-13H,5-6,8-10H2,1-4H3/b11-7+. The summed E-state index contributed by atoms with van der Waals surface area (Å²) in [4.78, 5) is 0. The minimum absolute atomic E-state index is 0.0657. The molecule has 0 bridgehead atoms. The quantitative estimate of drug-likeness (QED) is 0.661. The maximum absolute atomic E-state index is 5.79. The second-order valence-corrected chi connectivity index (χ2v) is 10.6. The fraction of sp³-hybridized carbons (Fsp3) is 0.846. The molecular weight excluding hydrogens is 216 g/mol. The summed E-state index contributed by atoms with van der Waals surface area (Å²) in [6.07, 6.45) is 7.34. The highest BCUT2D eigenvalue weighted by Crippen LogP contribution is 2.24. The molecule has 2 atom stereocenters. The van der Waals surface area contributed by atoms with E-state index in [4.69, 9.17) is 9.47 Å². The van der Waals surface area contributed by atoms with Gasteiger partial charge in [-0.3, -0.25) is 0 Å². The molecule has 1 heterocycles. The van der Waals surface area contributed by atoms with Crippen molar-refractivity contribution in [3.8, 4) is 0 Å². The Labute approximate surface area is 101 Å². The molecule has 1 saturated heterocycles. The Hall–Kier alpha value is -0.123. The minimum atomic E-state index is -1.01. The molecule has 2 nitrogen and oxygen atoms in total. The predicted octanol–water partition coefficient (Wildman–Crippen LogP) is 3.74. The molecule has 0 N–H and O–H groups in total. The summed E-state index contributed by atoms with van der Waals surface area (Å²) in [6, 6.07) is 0. The Balaban J connectivity index is 2.13. The molecule has 94 valence electrons. The van der Waals surface area contributed by atoms with E-state index < -0.39 is 8.07 Å². The first kappa shape index (κ1) is 13.9. The molecule has 1 aliphatic rings. The summed E-state index contributed by atoms with van der Waals surface area (Å²) < 4.78 is 11.2. The Morgan fingerprint density at radius 3 is 2.69 bits per heavy atom. The van der Waals surface area contributed by atoms with E-state index >= 15 is 0 Å². The molecule has 0 spiro atoms. The third-order valence-corrected chi connectivity index (χ3v) is 3.93. The lowest BCUT2D eigenvalue weighted by molar-refractivity contribution is -0.130. The summed E-state index contributed by atoms with van der Waals surface area (Å²) in [7, 11) is -1.01. The van der Waals surface area contributed by atoms with E-state index in [1.807, 2.05) is 6.92 Å². The molecule has 0 aromatic heterocycles. The van der Waals surface area contributed by atoms with E-state index in [1.165, 1.54) is 0 Å². The normalized spacial score (nSPS) is 26.8. The number of hydrogen-bond acceptors (Lipinski definition) is 2. The summed E-state index contributed by atoms with van der Waals surface area (Å²) in [6.45, 7) is 9.86. The first-order chi connectivity index (χ1) is 7.51. The fourth-order valence-electron chi connectivity index (χ4n) is 1.91. The van der Waals surface area contributed by atoms with Crippen LogP contribution in [0, 0.1) is 0 Å². The van der Waals surface area contributed by atoms with Crippen LogP contribution < -0.4 is 0 Å². The zero-order valence-electron chi connectivity index (χ0n) is 11.2. The number of ether oxygens (including phenoxy) is 2. The third-order valence-electron chi connectivity index (χ3n) is 2.69. The molecule has 16 heavy (non-hydrogen) atoms. The number of hydrogen-bond donors (Lipinski definition) is 0. The van der Waals surface area contributed by atoms with Gasteiger partial charge >= 0.3 is 0 Å². The van der Waals surface area contributed by atoms with Crippen LogP contribution in [0.2, 0.25) is 19.6 Å². The molecule has 1 fully saturated rings. The summed E-state index contributed by atoms with van der Waals surface area (Å²) in [5, 5.41) is 0. The topological polar surface area (TPSA) is 18.5 Å². The van der Waals surface area contributed by atoms with E-state index in [-0.39, 0.29) is 6.29 Å². The Kier molecular flexibility index (Phi) is 5.73. The first-order valence-corrected chi connectivity index (χ1v) is 10.0. The van der Waals surface area contributed by atoms with E-state index in [9.17, 15) is 0 Å². The zero-order valence-corrected chi connectivity index (χ0v) is 12.2. The van der Waals surface area contributed by atoms with Crippen LogP contribution >= 0.6 is 0 Å². The SMILES string of the molecule is CCOC1CCC(CC/C=C/[Si](C)(C)C)O1. The molecular formula is C13H26O2Si. The summed E-state index contributed by atoms with van der Waals surface area (Å²) in [5.41, 5.74) is 2.42. The van der Waals surface area contributed by atoms with Gasteiger partial charge in [0, 0.05) is 13.0 Å². The van der Waals surface area contributed by atoms with Gasteiger partial charge in [-0.05, 0) is 26.2 Å². The van der Waals surface area contributed by atoms with Gasteiger partial charge in [0.1, 0.15) is 0 Å². The number of rotatable bonds is 6. The van der Waals surface area contributed by atoms with Gasteiger partial charge in [-0.2, -0.15) is 0 Å². The van der Waals surface area contributed by atoms with Gasteiger partial charge in [0.2, 0.25) is 0 Å². The van der Waals surface area contributed by atoms with Crippen LogP contribution in [0.1, 0.15) is 32.6 Å². The van der Waals surface area contributed by atoms with Gasteiger partial charge in [-0.15, -0.1) is 0 Å². The summed E-state index contributed by atoms with van der Waals surface area (Å²) >= 11 is 0. The molecule has 0 aromatic carbocycles. The van der Waals surface area contributed by atoms with Gasteiger partial charge in [0.05, 0.1) is 14.2 Å². The molecule has 1 aliphatic heterocycles. The lowest BCUT2D eigenvalue weighted by Crippen LogP contribution is -2.16. The molecule has 1 rings (SSSR count). The molecule has 0 amide bonds. The van der Waals surface area contributed by atoms with Gasteiger partial charge in [0.15, 0.2) is 6.29 Å². The molecule has 3 heteroatoms. The van der Waals surface area contributed by atoms with Crippen LogP contribution in [0.15, 0.2) is 11.8 Å². The largest absolute Gasteiger partial charge is 0.353 e. The van der Waals surface area contributed by atoms with Crippen molar-refractivity contribution in [1.82, 2.24) is 0 Å². The van der Waals surface area contributed by atoms with Crippen LogP contribution in [-0.2, 0) is 9.47 Å². The van der Waals surface area contributed by atoms with Crippen molar-refractivity contribution < 1.29 is 9.47 Å². The van der Waals surface area contributed by atoms with Crippen molar-refractivity contribution in [1.29, 1.82) is 0 Å². The van der Waals surface area contributed by atoms with Gasteiger partial charge < -0.3 is 9.47 Å². The van der Waals surface area contributed by atoms with Crippen LogP contribution in [0.5, 0.6) is 0 Å². The van der Waals surface area contributed by atoms with E-state index in [2.05, 4.69) is 31.4 Å². The van der Waals surface area contributed by atoms with Crippen molar-refractivity contribution in [3.63, 3.8) is 0 Å². The minimum Gasteiger partial charge on any atom is -0.353 e. The highest BCUT2D eigenvalue weighted by molar-refractivity contribution is 6.80. The molecule has 0 aromatic rings. The van der Waals surface area contributed by atoms with Crippen molar-refractivity contribution >= 4 is 8.07 Å². The monoisotopic (exact) mass is 242 g/mol. The van der Waals surface area contributed by atoms with Crippen LogP contribution in [0.4, 0.5) is 0 Å². The second kappa shape index (κ2) is 6.57. The Bertz CT molecular complexity index is 220. The summed E-state index contributed by atoms with van der Waals surface area (Å²) in [5.74, 6) is 0. The van der Waals surface area contributed by atoms with Crippen LogP contribution in [0.25, 0.3) is 0 Å². The first-order valence-electron chi connectivity index (χ1n) is 6.46. The molecule has 0 aliphatic carbocycles. The fourth-order valence-corrected chi connectivity index (χ4v) is 2.79. The highest BCUT2D eigenvalue weighted by atomic mass is 28.3. The molecule has 0 saturated carbocycles. The van der Waals surface area contributed by atoms with Gasteiger partial charge in [-0.1, -0.05) is 31.4 Å². The van der Waals surface area contributed by atoms with E-state index in [0.29, 0.717) is 6.10 Å². The van der Waals surface area contributed by atoms with Crippen LogP contribution in [0.3, 0.4) is 0 Å². The van der Waals surface area contributed by atoms with Gasteiger partial charge in [-0.25, -0.2) is 0 Å². The highest BCUT2D eigenvalue weighted by Gasteiger charge is 2.24. The maximum atomic E-state index is 5.79.